The van der Waals surface area contributed by atoms with Crippen LogP contribution >= 0.6 is 0 Å². The van der Waals surface area contributed by atoms with Crippen molar-refractivity contribution in [1.82, 2.24) is 5.32 Å². The number of carbonyl (C=O) groups is 2. The Balaban J connectivity index is 2.73. The number of anilines is 1. The average Bonchev–Trinajstić information content (AvgIpc) is 2.28. The Hall–Kier alpha value is -1.84. The SMILES string of the molecule is CCCC(=O)Nc1cccc(C(=O)NC(C)C)c1. The van der Waals surface area contributed by atoms with E-state index in [0.717, 1.165) is 6.42 Å². The average molecular weight is 248 g/mol. The number of nitrogens with one attached hydrogen (secondary N) is 2. The third-order valence-electron chi connectivity index (χ3n) is 2.31. The highest BCUT2D eigenvalue weighted by atomic mass is 16.2. The van der Waals surface area contributed by atoms with Crippen molar-refractivity contribution >= 4 is 17.5 Å². The van der Waals surface area contributed by atoms with Gasteiger partial charge in [0.15, 0.2) is 0 Å². The molecule has 4 heteroatoms. The van der Waals surface area contributed by atoms with E-state index in [2.05, 4.69) is 10.6 Å². The molecule has 0 unspecified atom stereocenters. The first-order valence-electron chi connectivity index (χ1n) is 6.23. The Morgan fingerprint density at radius 2 is 2.00 bits per heavy atom. The Kier molecular flexibility index (Phi) is 5.36. The summed E-state index contributed by atoms with van der Waals surface area (Å²) < 4.78 is 0. The summed E-state index contributed by atoms with van der Waals surface area (Å²) in [6.45, 7) is 5.77. The monoisotopic (exact) mass is 248 g/mol. The summed E-state index contributed by atoms with van der Waals surface area (Å²) in [5.74, 6) is -0.157. The first kappa shape index (κ1) is 14.2. The van der Waals surface area contributed by atoms with Gasteiger partial charge in [0.05, 0.1) is 0 Å². The summed E-state index contributed by atoms with van der Waals surface area (Å²) in [5, 5.41) is 5.59. The van der Waals surface area contributed by atoms with E-state index in [1.807, 2.05) is 20.8 Å². The maximum absolute atomic E-state index is 11.8. The molecule has 1 rings (SSSR count). The van der Waals surface area contributed by atoms with Crippen molar-refractivity contribution in [3.8, 4) is 0 Å². The molecule has 0 radical (unpaired) electrons. The second-order valence-corrected chi connectivity index (χ2v) is 4.51. The third kappa shape index (κ3) is 4.57. The quantitative estimate of drug-likeness (QED) is 0.841. The molecule has 0 aliphatic rings. The molecule has 0 aromatic heterocycles. The maximum Gasteiger partial charge on any atom is 0.251 e. The lowest BCUT2D eigenvalue weighted by Gasteiger charge is -2.10. The predicted octanol–water partition coefficient (Wildman–Crippen LogP) is 2.56. The van der Waals surface area contributed by atoms with Crippen LogP contribution in [0.2, 0.25) is 0 Å². The lowest BCUT2D eigenvalue weighted by Crippen LogP contribution is -2.30. The van der Waals surface area contributed by atoms with Crippen molar-refractivity contribution in [1.29, 1.82) is 0 Å². The van der Waals surface area contributed by atoms with Crippen LogP contribution in [0.25, 0.3) is 0 Å². The molecule has 0 fully saturated rings. The first-order valence-corrected chi connectivity index (χ1v) is 6.23. The fraction of sp³-hybridized carbons (Fsp3) is 0.429. The van der Waals surface area contributed by atoms with Crippen LogP contribution < -0.4 is 10.6 Å². The van der Waals surface area contributed by atoms with Crippen LogP contribution in [-0.2, 0) is 4.79 Å². The van der Waals surface area contributed by atoms with Gasteiger partial charge in [-0.3, -0.25) is 9.59 Å². The van der Waals surface area contributed by atoms with Gasteiger partial charge in [-0.1, -0.05) is 13.0 Å². The number of benzene rings is 1. The normalized spacial score (nSPS) is 10.2. The third-order valence-corrected chi connectivity index (χ3v) is 2.31. The summed E-state index contributed by atoms with van der Waals surface area (Å²) >= 11 is 0. The van der Waals surface area contributed by atoms with Crippen molar-refractivity contribution in [2.24, 2.45) is 0 Å². The Labute approximate surface area is 108 Å². The molecule has 0 heterocycles. The zero-order valence-electron chi connectivity index (χ0n) is 11.1. The zero-order chi connectivity index (χ0) is 13.5. The standard InChI is InChI=1S/C14H20N2O2/c1-4-6-13(17)16-12-8-5-7-11(9-12)14(18)15-10(2)3/h5,7-10H,4,6H2,1-3H3,(H,15,18)(H,16,17). The van der Waals surface area contributed by atoms with E-state index >= 15 is 0 Å². The van der Waals surface area contributed by atoms with Gasteiger partial charge in [0, 0.05) is 23.7 Å². The van der Waals surface area contributed by atoms with E-state index in [0.29, 0.717) is 17.7 Å². The van der Waals surface area contributed by atoms with Crippen LogP contribution in [0, 0.1) is 0 Å². The van der Waals surface area contributed by atoms with Gasteiger partial charge in [0.2, 0.25) is 5.91 Å². The molecule has 1 aromatic rings. The fourth-order valence-corrected chi connectivity index (χ4v) is 1.53. The van der Waals surface area contributed by atoms with Crippen LogP contribution in [0.4, 0.5) is 5.69 Å². The summed E-state index contributed by atoms with van der Waals surface area (Å²) in [6, 6.07) is 7.05. The number of hydrogen-bond donors (Lipinski definition) is 2. The maximum atomic E-state index is 11.8. The Bertz CT molecular complexity index is 428. The van der Waals surface area contributed by atoms with Crippen molar-refractivity contribution in [3.63, 3.8) is 0 Å². The molecule has 2 amide bonds. The summed E-state index contributed by atoms with van der Waals surface area (Å²) in [5.41, 5.74) is 1.21. The zero-order valence-corrected chi connectivity index (χ0v) is 11.1. The number of amides is 2. The van der Waals surface area contributed by atoms with E-state index in [1.54, 1.807) is 24.3 Å². The van der Waals surface area contributed by atoms with Gasteiger partial charge >= 0.3 is 0 Å². The van der Waals surface area contributed by atoms with Crippen molar-refractivity contribution in [3.05, 3.63) is 29.8 Å². The lowest BCUT2D eigenvalue weighted by molar-refractivity contribution is -0.116. The van der Waals surface area contributed by atoms with Crippen LogP contribution in [0.1, 0.15) is 44.0 Å². The van der Waals surface area contributed by atoms with Gasteiger partial charge in [-0.15, -0.1) is 0 Å². The molecule has 2 N–H and O–H groups in total. The summed E-state index contributed by atoms with van der Waals surface area (Å²) in [6.07, 6.45) is 1.29. The largest absolute Gasteiger partial charge is 0.350 e. The molecule has 98 valence electrons. The van der Waals surface area contributed by atoms with E-state index in [9.17, 15) is 9.59 Å². The topological polar surface area (TPSA) is 58.2 Å². The van der Waals surface area contributed by atoms with Crippen LogP contribution in [0.5, 0.6) is 0 Å². The number of hydrogen-bond acceptors (Lipinski definition) is 2. The second-order valence-electron chi connectivity index (χ2n) is 4.51. The highest BCUT2D eigenvalue weighted by molar-refractivity contribution is 5.97. The van der Waals surface area contributed by atoms with Crippen molar-refractivity contribution < 1.29 is 9.59 Å². The van der Waals surface area contributed by atoms with Gasteiger partial charge in [-0.05, 0) is 38.5 Å². The van der Waals surface area contributed by atoms with Crippen LogP contribution in [0.15, 0.2) is 24.3 Å². The van der Waals surface area contributed by atoms with Crippen molar-refractivity contribution in [2.45, 2.75) is 39.7 Å². The Morgan fingerprint density at radius 1 is 1.28 bits per heavy atom. The lowest BCUT2D eigenvalue weighted by atomic mass is 10.1. The molecule has 0 spiro atoms. The van der Waals surface area contributed by atoms with Crippen LogP contribution in [-0.4, -0.2) is 17.9 Å². The highest BCUT2D eigenvalue weighted by Gasteiger charge is 2.08. The van der Waals surface area contributed by atoms with Gasteiger partial charge in [-0.25, -0.2) is 0 Å². The van der Waals surface area contributed by atoms with Crippen molar-refractivity contribution in [2.75, 3.05) is 5.32 Å². The minimum atomic E-state index is -0.128. The molecule has 18 heavy (non-hydrogen) atoms. The smallest absolute Gasteiger partial charge is 0.251 e. The number of carbonyl (C=O) groups excluding carboxylic acids is 2. The molecular formula is C14H20N2O2. The summed E-state index contributed by atoms with van der Waals surface area (Å²) in [4.78, 5) is 23.3. The van der Waals surface area contributed by atoms with Gasteiger partial charge in [-0.2, -0.15) is 0 Å². The molecule has 0 saturated carbocycles. The molecule has 1 aromatic carbocycles. The van der Waals surface area contributed by atoms with E-state index in [-0.39, 0.29) is 17.9 Å². The van der Waals surface area contributed by atoms with Crippen LogP contribution in [0.3, 0.4) is 0 Å². The molecular weight excluding hydrogens is 228 g/mol. The predicted molar refractivity (Wildman–Crippen MR) is 72.6 cm³/mol. The minimum absolute atomic E-state index is 0.0288. The second kappa shape index (κ2) is 6.79. The molecule has 4 nitrogen and oxygen atoms in total. The molecule has 0 aliphatic heterocycles. The first-order chi connectivity index (χ1) is 8.52. The van der Waals surface area contributed by atoms with E-state index in [1.165, 1.54) is 0 Å². The highest BCUT2D eigenvalue weighted by Crippen LogP contribution is 2.11. The molecule has 0 bridgehead atoms. The minimum Gasteiger partial charge on any atom is -0.350 e. The van der Waals surface area contributed by atoms with E-state index < -0.39 is 0 Å². The van der Waals surface area contributed by atoms with Gasteiger partial charge in [0.1, 0.15) is 0 Å². The molecule has 0 aliphatic carbocycles. The fourth-order valence-electron chi connectivity index (χ4n) is 1.53. The molecule has 0 atom stereocenters. The molecule has 0 saturated heterocycles. The Morgan fingerprint density at radius 3 is 2.61 bits per heavy atom. The van der Waals surface area contributed by atoms with E-state index in [4.69, 9.17) is 0 Å². The number of rotatable bonds is 5. The summed E-state index contributed by atoms with van der Waals surface area (Å²) in [7, 11) is 0. The van der Waals surface area contributed by atoms with Gasteiger partial charge < -0.3 is 10.6 Å². The van der Waals surface area contributed by atoms with Gasteiger partial charge in [0.25, 0.3) is 5.91 Å².